The van der Waals surface area contributed by atoms with Gasteiger partial charge in [0.05, 0.1) is 19.3 Å². The summed E-state index contributed by atoms with van der Waals surface area (Å²) < 4.78 is 82.4. The number of amides is 2. The predicted molar refractivity (Wildman–Crippen MR) is 78.2 cm³/mol. The van der Waals surface area contributed by atoms with Crippen molar-refractivity contribution in [3.8, 4) is 0 Å². The molecule has 0 spiro atoms. The third-order valence-corrected chi connectivity index (χ3v) is 4.40. The molecule has 0 aromatic carbocycles. The van der Waals surface area contributed by atoms with Gasteiger partial charge in [-0.3, -0.25) is 0 Å². The summed E-state index contributed by atoms with van der Waals surface area (Å²) in [5, 5.41) is 9.37. The molecule has 5 nitrogen and oxygen atoms in total. The second-order valence-corrected chi connectivity index (χ2v) is 6.02. The van der Waals surface area contributed by atoms with Gasteiger partial charge in [0, 0.05) is 20.1 Å². The summed E-state index contributed by atoms with van der Waals surface area (Å²) in [4.78, 5) is 15.0. The molecule has 1 unspecified atom stereocenters. The molecule has 0 aromatic heterocycles. The van der Waals surface area contributed by atoms with Gasteiger partial charge in [0.15, 0.2) is 0 Å². The van der Waals surface area contributed by atoms with Crippen LogP contribution in [-0.4, -0.2) is 78.3 Å². The molecule has 148 valence electrons. The Balaban J connectivity index is 2.14. The Hall–Kier alpha value is -1.75. The maximum absolute atomic E-state index is 12.9. The van der Waals surface area contributed by atoms with E-state index in [1.165, 1.54) is 16.8 Å². The van der Waals surface area contributed by atoms with Crippen LogP contribution in [0, 0.1) is 0 Å². The van der Waals surface area contributed by atoms with Crippen molar-refractivity contribution in [1.82, 2.24) is 9.80 Å². The smallest absolute Gasteiger partial charge is 0.378 e. The van der Waals surface area contributed by atoms with Crippen molar-refractivity contribution in [3.05, 3.63) is 23.8 Å². The molecular formula is C15H18F6N2O3. The van der Waals surface area contributed by atoms with E-state index in [-0.39, 0.29) is 6.42 Å². The van der Waals surface area contributed by atoms with Gasteiger partial charge in [-0.2, -0.15) is 26.3 Å². The highest BCUT2D eigenvalue weighted by Crippen LogP contribution is 2.48. The standard InChI is InChI=1S/C15H18F6N2O3/c1-22(12(24)23-6-8-26-9-7-23)11-4-2-10(3-5-11)13(25,14(16,17)18)15(19,20)21/h2-4,11,25H,5-9H2,1H3. The van der Waals surface area contributed by atoms with Gasteiger partial charge < -0.3 is 19.6 Å². The van der Waals surface area contributed by atoms with Crippen LogP contribution in [0.25, 0.3) is 0 Å². The molecule has 1 atom stereocenters. The van der Waals surface area contributed by atoms with Gasteiger partial charge in [-0.25, -0.2) is 4.79 Å². The van der Waals surface area contributed by atoms with Crippen molar-refractivity contribution < 1.29 is 41.0 Å². The first-order valence-corrected chi connectivity index (χ1v) is 7.73. The van der Waals surface area contributed by atoms with E-state index in [0.717, 1.165) is 6.08 Å². The summed E-state index contributed by atoms with van der Waals surface area (Å²) in [6.07, 6.45) is -9.86. The highest BCUT2D eigenvalue weighted by Gasteiger charge is 2.71. The van der Waals surface area contributed by atoms with Crippen molar-refractivity contribution in [2.24, 2.45) is 0 Å². The fourth-order valence-electron chi connectivity index (χ4n) is 2.77. The molecule has 2 aliphatic rings. The highest BCUT2D eigenvalue weighted by atomic mass is 19.4. The number of hydrogen-bond acceptors (Lipinski definition) is 3. The monoisotopic (exact) mass is 388 g/mol. The van der Waals surface area contributed by atoms with E-state index in [0.29, 0.717) is 38.5 Å². The lowest BCUT2D eigenvalue weighted by atomic mass is 9.87. The summed E-state index contributed by atoms with van der Waals surface area (Å²) in [5.74, 6) is 0. The minimum Gasteiger partial charge on any atom is -0.378 e. The van der Waals surface area contributed by atoms with E-state index in [1.54, 1.807) is 0 Å². The van der Waals surface area contributed by atoms with E-state index < -0.39 is 35.6 Å². The van der Waals surface area contributed by atoms with Crippen LogP contribution in [0.1, 0.15) is 6.42 Å². The SMILES string of the molecule is CN(C(=O)N1CCOCC1)C1C=CC(C(O)(C(F)(F)F)C(F)(F)F)=CC1. The van der Waals surface area contributed by atoms with Crippen molar-refractivity contribution in [1.29, 1.82) is 0 Å². The first kappa shape index (κ1) is 20.6. The number of morpholine rings is 1. The lowest BCUT2D eigenvalue weighted by Gasteiger charge is -2.37. The van der Waals surface area contributed by atoms with Gasteiger partial charge in [0.1, 0.15) is 0 Å². The maximum atomic E-state index is 12.9. The molecule has 0 saturated carbocycles. The van der Waals surface area contributed by atoms with Crippen LogP contribution in [0.15, 0.2) is 23.8 Å². The molecule has 2 amide bonds. The molecule has 26 heavy (non-hydrogen) atoms. The van der Waals surface area contributed by atoms with Crippen molar-refractivity contribution in [2.75, 3.05) is 33.4 Å². The maximum Gasteiger partial charge on any atom is 0.430 e. The Labute approximate surface area is 145 Å². The predicted octanol–water partition coefficient (Wildman–Crippen LogP) is 2.48. The minimum absolute atomic E-state index is 0.285. The molecule has 1 aliphatic heterocycles. The first-order valence-electron chi connectivity index (χ1n) is 7.73. The molecule has 11 heteroatoms. The van der Waals surface area contributed by atoms with E-state index in [1.807, 2.05) is 0 Å². The number of ether oxygens (including phenoxy) is 1. The Kier molecular flexibility index (Phi) is 5.62. The van der Waals surface area contributed by atoms with Crippen LogP contribution < -0.4 is 0 Å². The minimum atomic E-state index is -5.93. The van der Waals surface area contributed by atoms with Gasteiger partial charge in [0.25, 0.3) is 5.60 Å². The largest absolute Gasteiger partial charge is 0.430 e. The van der Waals surface area contributed by atoms with E-state index >= 15 is 0 Å². The number of rotatable bonds is 2. The third kappa shape index (κ3) is 3.68. The van der Waals surface area contributed by atoms with E-state index in [9.17, 15) is 36.2 Å². The average Bonchev–Trinajstić information content (AvgIpc) is 2.58. The van der Waals surface area contributed by atoms with Gasteiger partial charge in [-0.05, 0) is 12.0 Å². The zero-order valence-corrected chi connectivity index (χ0v) is 13.8. The fraction of sp³-hybridized carbons (Fsp3) is 0.667. The molecule has 1 heterocycles. The first-order chi connectivity index (χ1) is 11.9. The summed E-state index contributed by atoms with van der Waals surface area (Å²) in [6, 6.07) is -1.12. The average molecular weight is 388 g/mol. The molecule has 1 fully saturated rings. The normalized spacial score (nSPS) is 22.2. The highest BCUT2D eigenvalue weighted by molar-refractivity contribution is 5.75. The number of urea groups is 1. The van der Waals surface area contributed by atoms with Crippen LogP contribution in [0.5, 0.6) is 0 Å². The quantitative estimate of drug-likeness (QED) is 0.740. The summed E-state index contributed by atoms with van der Waals surface area (Å²) in [7, 11) is 1.41. The second-order valence-electron chi connectivity index (χ2n) is 6.02. The zero-order valence-electron chi connectivity index (χ0n) is 13.8. The number of aliphatic hydroxyl groups is 1. The lowest BCUT2D eigenvalue weighted by molar-refractivity contribution is -0.351. The summed E-state index contributed by atoms with van der Waals surface area (Å²) in [6.45, 7) is 1.41. The fourth-order valence-corrected chi connectivity index (χ4v) is 2.77. The Bertz CT molecular complexity index is 579. The van der Waals surface area contributed by atoms with Gasteiger partial charge >= 0.3 is 18.4 Å². The molecule has 1 aliphatic carbocycles. The molecule has 1 saturated heterocycles. The molecule has 0 aromatic rings. The van der Waals surface area contributed by atoms with Crippen molar-refractivity contribution >= 4 is 6.03 Å². The van der Waals surface area contributed by atoms with E-state index in [4.69, 9.17) is 4.74 Å². The van der Waals surface area contributed by atoms with E-state index in [2.05, 4.69) is 0 Å². The molecule has 0 radical (unpaired) electrons. The second kappa shape index (κ2) is 7.10. The van der Waals surface area contributed by atoms with Crippen molar-refractivity contribution in [2.45, 2.75) is 30.4 Å². The third-order valence-electron chi connectivity index (χ3n) is 4.40. The zero-order chi connectivity index (χ0) is 19.8. The van der Waals surface area contributed by atoms with Crippen LogP contribution in [-0.2, 0) is 4.74 Å². The topological polar surface area (TPSA) is 53.0 Å². The summed E-state index contributed by atoms with van der Waals surface area (Å²) in [5.41, 5.74) is -6.25. The number of nitrogens with zero attached hydrogens (tertiary/aromatic N) is 2. The van der Waals surface area contributed by atoms with Crippen LogP contribution in [0.3, 0.4) is 0 Å². The van der Waals surface area contributed by atoms with Gasteiger partial charge in [-0.1, -0.05) is 18.2 Å². The molecular weight excluding hydrogens is 370 g/mol. The Morgan fingerprint density at radius 2 is 1.73 bits per heavy atom. The number of halogens is 6. The van der Waals surface area contributed by atoms with Gasteiger partial charge in [0.2, 0.25) is 0 Å². The number of hydrogen-bond donors (Lipinski definition) is 1. The van der Waals surface area contributed by atoms with Crippen LogP contribution >= 0.6 is 0 Å². The number of carbonyl (C=O) groups excluding carboxylic acids is 1. The lowest BCUT2D eigenvalue weighted by Crippen LogP contribution is -2.58. The van der Waals surface area contributed by atoms with Crippen molar-refractivity contribution in [3.63, 3.8) is 0 Å². The molecule has 0 bridgehead atoms. The Morgan fingerprint density at radius 3 is 2.15 bits per heavy atom. The van der Waals surface area contributed by atoms with Crippen LogP contribution in [0.4, 0.5) is 31.1 Å². The Morgan fingerprint density at radius 1 is 1.19 bits per heavy atom. The summed E-state index contributed by atoms with van der Waals surface area (Å²) >= 11 is 0. The molecule has 2 rings (SSSR count). The van der Waals surface area contributed by atoms with Crippen LogP contribution in [0.2, 0.25) is 0 Å². The van der Waals surface area contributed by atoms with Gasteiger partial charge in [-0.15, -0.1) is 0 Å². The number of alkyl halides is 6. The molecule has 1 N–H and O–H groups in total. The number of likely N-dealkylation sites (N-methyl/N-ethyl adjacent to an activating group) is 1. The number of carbonyl (C=O) groups is 1.